The number of rotatable bonds is 4. The highest BCUT2D eigenvalue weighted by atomic mass is 16.5. The number of carbonyl (C=O) groups is 1. The van der Waals surface area contributed by atoms with Crippen LogP contribution in [0.3, 0.4) is 0 Å². The van der Waals surface area contributed by atoms with Crippen LogP contribution in [0.1, 0.15) is 40.6 Å². The van der Waals surface area contributed by atoms with Gasteiger partial charge in [0.15, 0.2) is 5.78 Å². The van der Waals surface area contributed by atoms with E-state index in [9.17, 15) is 4.79 Å². The highest BCUT2D eigenvalue weighted by Gasteiger charge is 2.28. The molecule has 0 N–H and O–H groups in total. The van der Waals surface area contributed by atoms with Gasteiger partial charge in [-0.25, -0.2) is 0 Å². The number of carbonyl (C=O) groups excluding carboxylic acids is 1. The highest BCUT2D eigenvalue weighted by Crippen LogP contribution is 2.40. The van der Waals surface area contributed by atoms with Crippen molar-refractivity contribution in [2.24, 2.45) is 0 Å². The molecule has 2 aromatic rings. The third kappa shape index (κ3) is 2.25. The van der Waals surface area contributed by atoms with E-state index in [1.165, 1.54) is 0 Å². The average Bonchev–Trinajstić information content (AvgIpc) is 3.08. The summed E-state index contributed by atoms with van der Waals surface area (Å²) in [5.74, 6) is 1.32. The van der Waals surface area contributed by atoms with Crippen molar-refractivity contribution < 1.29 is 9.32 Å². The molecule has 1 saturated carbocycles. The maximum Gasteiger partial charge on any atom is 0.189 e. The normalized spacial score (nSPS) is 14.8. The number of Topliss-reactive ketones (excluding diaryl/α,β-unsaturated/α-hetero) is 1. The van der Waals surface area contributed by atoms with Gasteiger partial charge in [0.05, 0.1) is 0 Å². The van der Waals surface area contributed by atoms with Crippen LogP contribution >= 0.6 is 0 Å². The number of hydrogen-bond acceptors (Lipinski definition) is 4. The predicted octanol–water partition coefficient (Wildman–Crippen LogP) is 2.37. The number of pyridine rings is 1. The molecular formula is C13H12N2O2. The minimum absolute atomic E-state index is 0.0198. The SMILES string of the molecule is O=C(Cc1cccnc1)c1cc(C2CC2)on1. The maximum atomic E-state index is 11.9. The standard InChI is InChI=1S/C13H12N2O2/c16-12(6-9-2-1-5-14-8-9)11-7-13(17-15-11)10-3-4-10/h1-2,5,7-8,10H,3-4,6H2. The zero-order valence-corrected chi connectivity index (χ0v) is 9.30. The van der Waals surface area contributed by atoms with Crippen LogP contribution in [0, 0.1) is 0 Å². The van der Waals surface area contributed by atoms with Gasteiger partial charge in [-0.3, -0.25) is 9.78 Å². The monoisotopic (exact) mass is 228 g/mol. The first-order valence-corrected chi connectivity index (χ1v) is 5.71. The van der Waals surface area contributed by atoms with Gasteiger partial charge in [-0.05, 0) is 24.5 Å². The van der Waals surface area contributed by atoms with E-state index >= 15 is 0 Å². The Kier molecular flexibility index (Phi) is 2.48. The van der Waals surface area contributed by atoms with Crippen molar-refractivity contribution >= 4 is 5.78 Å². The molecule has 0 aliphatic heterocycles. The summed E-state index contributed by atoms with van der Waals surface area (Å²) in [5.41, 5.74) is 1.32. The van der Waals surface area contributed by atoms with Crippen LogP contribution in [-0.4, -0.2) is 15.9 Å². The molecule has 17 heavy (non-hydrogen) atoms. The molecule has 4 nitrogen and oxygen atoms in total. The van der Waals surface area contributed by atoms with Crippen LogP contribution in [0.5, 0.6) is 0 Å². The van der Waals surface area contributed by atoms with E-state index in [1.54, 1.807) is 18.5 Å². The van der Waals surface area contributed by atoms with Crippen molar-refractivity contribution in [1.29, 1.82) is 0 Å². The van der Waals surface area contributed by atoms with Gasteiger partial charge >= 0.3 is 0 Å². The number of aromatic nitrogens is 2. The zero-order valence-electron chi connectivity index (χ0n) is 9.30. The number of nitrogens with zero attached hydrogens (tertiary/aromatic N) is 2. The number of hydrogen-bond donors (Lipinski definition) is 0. The first-order valence-electron chi connectivity index (χ1n) is 5.71. The lowest BCUT2D eigenvalue weighted by Crippen LogP contribution is -2.03. The maximum absolute atomic E-state index is 11.9. The lowest BCUT2D eigenvalue weighted by Gasteiger charge is -1.95. The van der Waals surface area contributed by atoms with E-state index in [-0.39, 0.29) is 5.78 Å². The lowest BCUT2D eigenvalue weighted by molar-refractivity contribution is 0.0984. The van der Waals surface area contributed by atoms with E-state index in [0.29, 0.717) is 18.0 Å². The van der Waals surface area contributed by atoms with Crippen LogP contribution < -0.4 is 0 Å². The summed E-state index contributed by atoms with van der Waals surface area (Å²) in [4.78, 5) is 15.9. The third-order valence-electron chi connectivity index (χ3n) is 2.88. The van der Waals surface area contributed by atoms with Crippen molar-refractivity contribution in [2.75, 3.05) is 0 Å². The largest absolute Gasteiger partial charge is 0.360 e. The van der Waals surface area contributed by atoms with Crippen molar-refractivity contribution in [1.82, 2.24) is 10.1 Å². The Morgan fingerprint density at radius 3 is 3.06 bits per heavy atom. The van der Waals surface area contributed by atoms with Crippen molar-refractivity contribution in [2.45, 2.75) is 25.2 Å². The van der Waals surface area contributed by atoms with Gasteiger partial charge < -0.3 is 4.52 Å². The van der Waals surface area contributed by atoms with E-state index in [0.717, 1.165) is 24.2 Å². The quantitative estimate of drug-likeness (QED) is 0.754. The predicted molar refractivity (Wildman–Crippen MR) is 60.7 cm³/mol. The lowest BCUT2D eigenvalue weighted by atomic mass is 10.1. The molecule has 3 rings (SSSR count). The summed E-state index contributed by atoms with van der Waals surface area (Å²) in [7, 11) is 0. The highest BCUT2D eigenvalue weighted by molar-refractivity contribution is 5.95. The second-order valence-corrected chi connectivity index (χ2v) is 4.35. The molecule has 0 spiro atoms. The Morgan fingerprint density at radius 2 is 2.35 bits per heavy atom. The molecule has 0 aromatic carbocycles. The van der Waals surface area contributed by atoms with Crippen LogP contribution in [0.4, 0.5) is 0 Å². The zero-order chi connectivity index (χ0) is 11.7. The summed E-state index contributed by atoms with van der Waals surface area (Å²) < 4.78 is 5.16. The van der Waals surface area contributed by atoms with Crippen molar-refractivity contribution in [3.05, 3.63) is 47.6 Å². The van der Waals surface area contributed by atoms with E-state index in [2.05, 4.69) is 10.1 Å². The van der Waals surface area contributed by atoms with Crippen LogP contribution in [0.15, 0.2) is 35.1 Å². The number of ketones is 1. The van der Waals surface area contributed by atoms with Crippen molar-refractivity contribution in [3.8, 4) is 0 Å². The Morgan fingerprint density at radius 1 is 1.47 bits per heavy atom. The fourth-order valence-corrected chi connectivity index (χ4v) is 1.76. The summed E-state index contributed by atoms with van der Waals surface area (Å²) in [6.45, 7) is 0. The van der Waals surface area contributed by atoms with Gasteiger partial charge in [-0.15, -0.1) is 0 Å². The average molecular weight is 228 g/mol. The molecule has 2 aromatic heterocycles. The van der Waals surface area contributed by atoms with Crippen LogP contribution in [0.2, 0.25) is 0 Å². The molecule has 2 heterocycles. The van der Waals surface area contributed by atoms with E-state index in [1.807, 2.05) is 12.1 Å². The minimum atomic E-state index is -0.0198. The molecule has 1 aliphatic rings. The van der Waals surface area contributed by atoms with Gasteiger partial charge in [0.2, 0.25) is 0 Å². The molecule has 0 amide bonds. The second kappa shape index (κ2) is 4.13. The van der Waals surface area contributed by atoms with Crippen LogP contribution in [-0.2, 0) is 6.42 Å². The Bertz CT molecular complexity index is 529. The molecule has 1 fully saturated rings. The molecule has 0 unspecified atom stereocenters. The molecule has 0 saturated heterocycles. The topological polar surface area (TPSA) is 56.0 Å². The minimum Gasteiger partial charge on any atom is -0.360 e. The second-order valence-electron chi connectivity index (χ2n) is 4.35. The molecule has 1 aliphatic carbocycles. The van der Waals surface area contributed by atoms with E-state index in [4.69, 9.17) is 4.52 Å². The molecule has 0 radical (unpaired) electrons. The Balaban J connectivity index is 1.72. The van der Waals surface area contributed by atoms with Gasteiger partial charge in [0.1, 0.15) is 11.5 Å². The van der Waals surface area contributed by atoms with E-state index < -0.39 is 0 Å². The van der Waals surface area contributed by atoms with Crippen molar-refractivity contribution in [3.63, 3.8) is 0 Å². The van der Waals surface area contributed by atoms with Gasteiger partial charge in [-0.1, -0.05) is 11.2 Å². The van der Waals surface area contributed by atoms with Gasteiger partial charge in [-0.2, -0.15) is 0 Å². The first-order chi connectivity index (χ1) is 8.33. The fourth-order valence-electron chi connectivity index (χ4n) is 1.76. The smallest absolute Gasteiger partial charge is 0.189 e. The summed E-state index contributed by atoms with van der Waals surface area (Å²) >= 11 is 0. The summed E-state index contributed by atoms with van der Waals surface area (Å²) in [5, 5.41) is 3.83. The van der Waals surface area contributed by atoms with Gasteiger partial charge in [0, 0.05) is 30.8 Å². The molecule has 0 bridgehead atoms. The summed E-state index contributed by atoms with van der Waals surface area (Å²) in [6.07, 6.45) is 6.00. The molecule has 86 valence electrons. The van der Waals surface area contributed by atoms with Crippen LogP contribution in [0.25, 0.3) is 0 Å². The summed E-state index contributed by atoms with van der Waals surface area (Å²) in [6, 6.07) is 5.48. The Hall–Kier alpha value is -1.97. The molecule has 0 atom stereocenters. The molecular weight excluding hydrogens is 216 g/mol. The molecule has 4 heteroatoms. The van der Waals surface area contributed by atoms with Gasteiger partial charge in [0.25, 0.3) is 0 Å². The Labute approximate surface area is 98.7 Å². The fraction of sp³-hybridized carbons (Fsp3) is 0.308. The first kappa shape index (κ1) is 10.2. The third-order valence-corrected chi connectivity index (χ3v) is 2.88.